The molecule has 0 spiro atoms. The summed E-state index contributed by atoms with van der Waals surface area (Å²) in [5, 5.41) is 1.08. The van der Waals surface area contributed by atoms with Crippen molar-refractivity contribution in [2.75, 3.05) is 39.9 Å². The van der Waals surface area contributed by atoms with Gasteiger partial charge in [0, 0.05) is 38.7 Å². The summed E-state index contributed by atoms with van der Waals surface area (Å²) < 4.78 is 5.59. The fourth-order valence-corrected chi connectivity index (χ4v) is 5.07. The molecular formula is C19H31N3O2S. The van der Waals surface area contributed by atoms with Crippen LogP contribution in [0.2, 0.25) is 0 Å². The fraction of sp³-hybridized carbons (Fsp3) is 0.789. The summed E-state index contributed by atoms with van der Waals surface area (Å²) in [6.45, 7) is 9.16. The van der Waals surface area contributed by atoms with Gasteiger partial charge in [-0.15, -0.1) is 11.3 Å². The Kier molecular flexibility index (Phi) is 6.47. The van der Waals surface area contributed by atoms with E-state index in [-0.39, 0.29) is 5.91 Å². The second-order valence-electron chi connectivity index (χ2n) is 7.37. The highest BCUT2D eigenvalue weighted by Crippen LogP contribution is 2.31. The lowest BCUT2D eigenvalue weighted by Crippen LogP contribution is -2.45. The minimum atomic E-state index is 0.145. The minimum Gasteiger partial charge on any atom is -0.381 e. The van der Waals surface area contributed by atoms with Crippen LogP contribution < -0.4 is 0 Å². The summed E-state index contributed by atoms with van der Waals surface area (Å²) in [6.07, 6.45) is 5.55. The van der Waals surface area contributed by atoms with Crippen LogP contribution in [0.25, 0.3) is 0 Å². The molecule has 0 N–H and O–H groups in total. The zero-order chi connectivity index (χ0) is 17.8. The number of carbonyl (C=O) groups excluding carboxylic acids is 1. The number of nitrogens with zero attached hydrogens (tertiary/aromatic N) is 3. The first-order chi connectivity index (χ1) is 12.1. The van der Waals surface area contributed by atoms with Crippen molar-refractivity contribution in [3.8, 4) is 0 Å². The molecule has 3 heterocycles. The van der Waals surface area contributed by atoms with Gasteiger partial charge in [-0.2, -0.15) is 0 Å². The molecule has 1 aromatic rings. The molecule has 6 heteroatoms. The number of hydrogen-bond acceptors (Lipinski definition) is 5. The lowest BCUT2D eigenvalue weighted by molar-refractivity contribution is 0.0646. The third-order valence-corrected chi connectivity index (χ3v) is 6.79. The first-order valence-corrected chi connectivity index (χ1v) is 10.5. The number of piperidine rings is 1. The summed E-state index contributed by atoms with van der Waals surface area (Å²) in [4.78, 5) is 23.0. The van der Waals surface area contributed by atoms with Gasteiger partial charge in [-0.1, -0.05) is 6.92 Å². The number of rotatable bonds is 5. The molecule has 1 amide bonds. The van der Waals surface area contributed by atoms with Gasteiger partial charge in [0.15, 0.2) is 0 Å². The summed E-state index contributed by atoms with van der Waals surface area (Å²) >= 11 is 1.58. The normalized spacial score (nSPS) is 22.9. The van der Waals surface area contributed by atoms with E-state index in [1.54, 1.807) is 11.3 Å². The van der Waals surface area contributed by atoms with E-state index in [1.165, 1.54) is 13.0 Å². The number of carbonyl (C=O) groups is 1. The van der Waals surface area contributed by atoms with Gasteiger partial charge in [0.2, 0.25) is 0 Å². The van der Waals surface area contributed by atoms with Crippen molar-refractivity contribution in [3.05, 3.63) is 15.6 Å². The maximum atomic E-state index is 13.0. The third kappa shape index (κ3) is 4.41. The topological polar surface area (TPSA) is 45.7 Å². The van der Waals surface area contributed by atoms with Gasteiger partial charge >= 0.3 is 0 Å². The van der Waals surface area contributed by atoms with Crippen LogP contribution in [0.3, 0.4) is 0 Å². The van der Waals surface area contributed by atoms with Gasteiger partial charge in [-0.3, -0.25) is 4.79 Å². The number of hydrogen-bond donors (Lipinski definition) is 0. The minimum absolute atomic E-state index is 0.145. The smallest absolute Gasteiger partial charge is 0.265 e. The number of likely N-dealkylation sites (tertiary alicyclic amines) is 1. The van der Waals surface area contributed by atoms with E-state index in [2.05, 4.69) is 11.8 Å². The van der Waals surface area contributed by atoms with Crippen LogP contribution in [0.1, 0.15) is 65.3 Å². The van der Waals surface area contributed by atoms with E-state index in [9.17, 15) is 4.79 Å². The van der Waals surface area contributed by atoms with E-state index < -0.39 is 0 Å². The lowest BCUT2D eigenvalue weighted by Gasteiger charge is -2.36. The van der Waals surface area contributed by atoms with E-state index in [1.807, 2.05) is 18.9 Å². The number of aromatic nitrogens is 1. The second kappa shape index (κ2) is 8.60. The summed E-state index contributed by atoms with van der Waals surface area (Å²) in [7, 11) is 1.96. The quantitative estimate of drug-likeness (QED) is 0.803. The van der Waals surface area contributed by atoms with E-state index in [4.69, 9.17) is 9.72 Å². The largest absolute Gasteiger partial charge is 0.381 e. The Hall–Kier alpha value is -0.980. The van der Waals surface area contributed by atoms with Crippen molar-refractivity contribution < 1.29 is 9.53 Å². The van der Waals surface area contributed by atoms with Crippen LogP contribution in [0.5, 0.6) is 0 Å². The highest BCUT2D eigenvalue weighted by molar-refractivity contribution is 7.13. The Bertz CT molecular complexity index is 575. The molecule has 25 heavy (non-hydrogen) atoms. The van der Waals surface area contributed by atoms with Crippen LogP contribution in [-0.2, 0) is 4.74 Å². The van der Waals surface area contributed by atoms with Gasteiger partial charge in [-0.25, -0.2) is 4.98 Å². The van der Waals surface area contributed by atoms with Crippen molar-refractivity contribution in [2.45, 2.75) is 57.9 Å². The Labute approximate surface area is 155 Å². The Morgan fingerprint density at radius 3 is 2.76 bits per heavy atom. The van der Waals surface area contributed by atoms with Crippen molar-refractivity contribution in [1.82, 2.24) is 14.8 Å². The molecule has 0 saturated carbocycles. The summed E-state index contributed by atoms with van der Waals surface area (Å²) in [6, 6.07) is 0.351. The van der Waals surface area contributed by atoms with E-state index >= 15 is 0 Å². The average molecular weight is 366 g/mol. The molecule has 0 aromatic carbocycles. The van der Waals surface area contributed by atoms with Gasteiger partial charge in [0.25, 0.3) is 5.91 Å². The van der Waals surface area contributed by atoms with Crippen molar-refractivity contribution >= 4 is 17.2 Å². The maximum Gasteiger partial charge on any atom is 0.265 e. The first kappa shape index (κ1) is 18.8. The summed E-state index contributed by atoms with van der Waals surface area (Å²) in [5.74, 6) is 0.508. The highest BCUT2D eigenvalue weighted by Gasteiger charge is 2.29. The number of thiazole rings is 1. The van der Waals surface area contributed by atoms with Gasteiger partial charge in [0.05, 0.1) is 17.3 Å². The van der Waals surface area contributed by atoms with Crippen LogP contribution in [0.15, 0.2) is 0 Å². The van der Waals surface area contributed by atoms with Crippen LogP contribution in [-0.4, -0.2) is 66.6 Å². The highest BCUT2D eigenvalue weighted by atomic mass is 32.1. The molecular weight excluding hydrogens is 334 g/mol. The van der Waals surface area contributed by atoms with Crippen LogP contribution in [0, 0.1) is 6.92 Å². The molecule has 1 aromatic heterocycles. The molecule has 2 saturated heterocycles. The SMILES string of the molecule is CCCN1CCC(N(C)C(=O)c2sc(C3CCCOC3)nc2C)CC1. The zero-order valence-corrected chi connectivity index (χ0v) is 16.6. The predicted octanol–water partition coefficient (Wildman–Crippen LogP) is 3.29. The predicted molar refractivity (Wildman–Crippen MR) is 101 cm³/mol. The number of amides is 1. The van der Waals surface area contributed by atoms with E-state index in [0.717, 1.165) is 67.6 Å². The molecule has 0 aliphatic carbocycles. The van der Waals surface area contributed by atoms with Crippen molar-refractivity contribution in [3.63, 3.8) is 0 Å². The van der Waals surface area contributed by atoms with Crippen LogP contribution in [0.4, 0.5) is 0 Å². The fourth-order valence-electron chi connectivity index (χ4n) is 3.90. The maximum absolute atomic E-state index is 13.0. The third-order valence-electron chi connectivity index (χ3n) is 5.48. The van der Waals surface area contributed by atoms with Gasteiger partial charge in [-0.05, 0) is 45.6 Å². The van der Waals surface area contributed by atoms with Gasteiger partial charge in [0.1, 0.15) is 4.88 Å². The molecule has 0 bridgehead atoms. The second-order valence-corrected chi connectivity index (χ2v) is 8.40. The molecule has 0 radical (unpaired) electrons. The standard InChI is InChI=1S/C19H31N3O2S/c1-4-9-22-10-7-16(8-11-22)21(3)19(23)17-14(2)20-18(25-17)15-6-5-12-24-13-15/h15-16H,4-13H2,1-3H3. The van der Waals surface area contributed by atoms with Crippen LogP contribution >= 0.6 is 11.3 Å². The first-order valence-electron chi connectivity index (χ1n) is 9.64. The number of ether oxygens (including phenoxy) is 1. The Morgan fingerprint density at radius 1 is 1.36 bits per heavy atom. The average Bonchev–Trinajstić information content (AvgIpc) is 3.04. The van der Waals surface area contributed by atoms with Crippen molar-refractivity contribution in [2.24, 2.45) is 0 Å². The molecule has 5 nitrogen and oxygen atoms in total. The number of aryl methyl sites for hydroxylation is 1. The molecule has 2 aliphatic heterocycles. The summed E-state index contributed by atoms with van der Waals surface area (Å²) in [5.41, 5.74) is 0.880. The molecule has 140 valence electrons. The zero-order valence-electron chi connectivity index (χ0n) is 15.8. The molecule has 2 aliphatic rings. The molecule has 2 fully saturated rings. The molecule has 3 rings (SSSR count). The molecule has 1 unspecified atom stereocenters. The Morgan fingerprint density at radius 2 is 2.12 bits per heavy atom. The monoisotopic (exact) mass is 365 g/mol. The lowest BCUT2D eigenvalue weighted by atomic mass is 10.0. The van der Waals surface area contributed by atoms with Crippen molar-refractivity contribution in [1.29, 1.82) is 0 Å². The Balaban J connectivity index is 1.63. The molecule has 1 atom stereocenters. The van der Waals surface area contributed by atoms with E-state index in [0.29, 0.717) is 12.0 Å². The van der Waals surface area contributed by atoms with Gasteiger partial charge < -0.3 is 14.5 Å².